The number of nitrogens with one attached hydrogen (secondary N) is 1. The molecule has 0 atom stereocenters. The van der Waals surface area contributed by atoms with Crippen LogP contribution in [-0.2, 0) is 6.54 Å². The number of nitriles is 1. The first kappa shape index (κ1) is 9.16. The minimum Gasteiger partial charge on any atom is -0.317 e. The maximum atomic E-state index is 8.58. The molecule has 0 aromatic carbocycles. The smallest absolute Gasteiger partial charge is 0.182 e. The van der Waals surface area contributed by atoms with Crippen LogP contribution in [0, 0.1) is 17.2 Å². The maximum Gasteiger partial charge on any atom is 0.182 e. The molecular weight excluding hydrogens is 178 g/mol. The SMILES string of the molecule is N#Cc1cnn(CC2CCNCC2)n1. The average Bonchev–Trinajstić information content (AvgIpc) is 2.67. The third-order valence-electron chi connectivity index (χ3n) is 2.53. The first-order valence-corrected chi connectivity index (χ1v) is 4.89. The summed E-state index contributed by atoms with van der Waals surface area (Å²) < 4.78 is 0. The van der Waals surface area contributed by atoms with Gasteiger partial charge in [-0.3, -0.25) is 0 Å². The Hall–Kier alpha value is -1.41. The molecule has 14 heavy (non-hydrogen) atoms. The number of nitrogens with zero attached hydrogens (tertiary/aromatic N) is 4. The Balaban J connectivity index is 1.93. The van der Waals surface area contributed by atoms with Crippen LogP contribution in [0.15, 0.2) is 6.20 Å². The Bertz CT molecular complexity index is 331. The van der Waals surface area contributed by atoms with E-state index in [-0.39, 0.29) is 0 Å². The molecule has 0 saturated carbocycles. The summed E-state index contributed by atoms with van der Waals surface area (Å²) in [5.74, 6) is 0.648. The summed E-state index contributed by atoms with van der Waals surface area (Å²) in [6.45, 7) is 3.00. The summed E-state index contributed by atoms with van der Waals surface area (Å²) in [5.41, 5.74) is 0.402. The highest BCUT2D eigenvalue weighted by Gasteiger charge is 2.14. The van der Waals surface area contributed by atoms with Gasteiger partial charge in [-0.2, -0.15) is 15.2 Å². The van der Waals surface area contributed by atoms with E-state index in [2.05, 4.69) is 15.5 Å². The topological polar surface area (TPSA) is 66.5 Å². The van der Waals surface area contributed by atoms with E-state index in [1.54, 1.807) is 4.80 Å². The lowest BCUT2D eigenvalue weighted by Crippen LogP contribution is -2.30. The average molecular weight is 191 g/mol. The number of piperidine rings is 1. The minimum atomic E-state index is 0.402. The van der Waals surface area contributed by atoms with Gasteiger partial charge < -0.3 is 5.32 Å². The van der Waals surface area contributed by atoms with Crippen LogP contribution in [-0.4, -0.2) is 28.1 Å². The molecule has 1 saturated heterocycles. The van der Waals surface area contributed by atoms with Gasteiger partial charge in [-0.1, -0.05) is 0 Å². The van der Waals surface area contributed by atoms with Gasteiger partial charge in [0.05, 0.1) is 12.7 Å². The molecule has 0 aliphatic carbocycles. The van der Waals surface area contributed by atoms with E-state index >= 15 is 0 Å². The van der Waals surface area contributed by atoms with Gasteiger partial charge in [0, 0.05) is 0 Å². The molecule has 1 aliphatic heterocycles. The van der Waals surface area contributed by atoms with Crippen LogP contribution in [0.2, 0.25) is 0 Å². The van der Waals surface area contributed by atoms with Crippen LogP contribution in [0.4, 0.5) is 0 Å². The van der Waals surface area contributed by atoms with Gasteiger partial charge in [-0.05, 0) is 31.8 Å². The second-order valence-corrected chi connectivity index (χ2v) is 3.59. The molecule has 0 amide bonds. The summed E-state index contributed by atoms with van der Waals surface area (Å²) in [5, 5.41) is 20.0. The molecule has 1 fully saturated rings. The summed E-state index contributed by atoms with van der Waals surface area (Å²) in [7, 11) is 0. The normalized spacial score (nSPS) is 17.9. The molecule has 1 aromatic rings. The maximum absolute atomic E-state index is 8.58. The summed E-state index contributed by atoms with van der Waals surface area (Å²) in [4.78, 5) is 1.63. The number of aromatic nitrogens is 3. The molecular formula is C9H13N5. The fourth-order valence-electron chi connectivity index (χ4n) is 1.73. The summed E-state index contributed by atoms with van der Waals surface area (Å²) in [6.07, 6.45) is 3.86. The van der Waals surface area contributed by atoms with E-state index in [0.717, 1.165) is 19.6 Å². The Morgan fingerprint density at radius 1 is 1.57 bits per heavy atom. The van der Waals surface area contributed by atoms with Crippen LogP contribution in [0.1, 0.15) is 18.5 Å². The van der Waals surface area contributed by atoms with Crippen molar-refractivity contribution >= 4 is 0 Å². The van der Waals surface area contributed by atoms with E-state index in [0.29, 0.717) is 11.6 Å². The van der Waals surface area contributed by atoms with E-state index in [4.69, 9.17) is 5.26 Å². The number of hydrogen-bond donors (Lipinski definition) is 1. The lowest BCUT2D eigenvalue weighted by atomic mass is 9.99. The Labute approximate surface area is 82.7 Å². The Kier molecular flexibility index (Phi) is 2.75. The molecule has 0 radical (unpaired) electrons. The van der Waals surface area contributed by atoms with Crippen molar-refractivity contribution in [3.8, 4) is 6.07 Å². The predicted molar refractivity (Wildman–Crippen MR) is 50.3 cm³/mol. The first-order chi connectivity index (χ1) is 6.88. The molecule has 1 aliphatic rings. The molecule has 1 aromatic heterocycles. The molecule has 2 heterocycles. The highest BCUT2D eigenvalue weighted by molar-refractivity contribution is 5.12. The predicted octanol–water partition coefficient (Wildman–Crippen LogP) is 0.149. The fraction of sp³-hybridized carbons (Fsp3) is 0.667. The van der Waals surface area contributed by atoms with Crippen LogP contribution in [0.25, 0.3) is 0 Å². The highest BCUT2D eigenvalue weighted by atomic mass is 15.5. The van der Waals surface area contributed by atoms with Gasteiger partial charge in [0.25, 0.3) is 0 Å². The van der Waals surface area contributed by atoms with Crippen LogP contribution in [0.5, 0.6) is 0 Å². The highest BCUT2D eigenvalue weighted by Crippen LogP contribution is 2.12. The van der Waals surface area contributed by atoms with E-state index in [1.165, 1.54) is 19.0 Å². The Morgan fingerprint density at radius 2 is 2.36 bits per heavy atom. The van der Waals surface area contributed by atoms with Gasteiger partial charge in [-0.15, -0.1) is 5.10 Å². The standard InChI is InChI=1S/C9H13N5/c10-5-9-6-12-14(13-9)7-8-1-3-11-4-2-8/h6,8,11H,1-4,7H2. The molecule has 5 heteroatoms. The van der Waals surface area contributed by atoms with Gasteiger partial charge in [-0.25, -0.2) is 0 Å². The molecule has 0 spiro atoms. The molecule has 74 valence electrons. The first-order valence-electron chi connectivity index (χ1n) is 4.89. The zero-order chi connectivity index (χ0) is 9.80. The van der Waals surface area contributed by atoms with E-state index in [9.17, 15) is 0 Å². The summed E-state index contributed by atoms with van der Waals surface area (Å²) >= 11 is 0. The van der Waals surface area contributed by atoms with Crippen molar-refractivity contribution in [2.75, 3.05) is 13.1 Å². The fourth-order valence-corrected chi connectivity index (χ4v) is 1.73. The van der Waals surface area contributed by atoms with Gasteiger partial charge in [0.15, 0.2) is 5.69 Å². The van der Waals surface area contributed by atoms with Gasteiger partial charge in [0.2, 0.25) is 0 Å². The minimum absolute atomic E-state index is 0.402. The molecule has 2 rings (SSSR count). The largest absolute Gasteiger partial charge is 0.317 e. The van der Waals surface area contributed by atoms with Crippen LogP contribution < -0.4 is 5.32 Å². The third-order valence-corrected chi connectivity index (χ3v) is 2.53. The number of hydrogen-bond acceptors (Lipinski definition) is 4. The van der Waals surface area contributed by atoms with Crippen LogP contribution in [0.3, 0.4) is 0 Å². The van der Waals surface area contributed by atoms with Crippen molar-refractivity contribution < 1.29 is 0 Å². The van der Waals surface area contributed by atoms with Gasteiger partial charge >= 0.3 is 0 Å². The Morgan fingerprint density at radius 3 is 3.00 bits per heavy atom. The van der Waals surface area contributed by atoms with Gasteiger partial charge in [0.1, 0.15) is 6.07 Å². The van der Waals surface area contributed by atoms with Crippen molar-refractivity contribution in [1.82, 2.24) is 20.3 Å². The number of rotatable bonds is 2. The molecule has 0 unspecified atom stereocenters. The second kappa shape index (κ2) is 4.20. The van der Waals surface area contributed by atoms with Crippen molar-refractivity contribution in [3.63, 3.8) is 0 Å². The third kappa shape index (κ3) is 2.09. The summed E-state index contributed by atoms with van der Waals surface area (Å²) in [6, 6.07) is 1.98. The van der Waals surface area contributed by atoms with Crippen molar-refractivity contribution in [1.29, 1.82) is 5.26 Å². The van der Waals surface area contributed by atoms with Crippen molar-refractivity contribution in [2.45, 2.75) is 19.4 Å². The van der Waals surface area contributed by atoms with Crippen molar-refractivity contribution in [3.05, 3.63) is 11.9 Å². The lowest BCUT2D eigenvalue weighted by molar-refractivity contribution is 0.305. The van der Waals surface area contributed by atoms with E-state index < -0.39 is 0 Å². The zero-order valence-electron chi connectivity index (χ0n) is 7.98. The van der Waals surface area contributed by atoms with E-state index in [1.807, 2.05) is 6.07 Å². The van der Waals surface area contributed by atoms with Crippen molar-refractivity contribution in [2.24, 2.45) is 5.92 Å². The lowest BCUT2D eigenvalue weighted by Gasteiger charge is -2.21. The zero-order valence-corrected chi connectivity index (χ0v) is 7.98. The monoisotopic (exact) mass is 191 g/mol. The molecule has 0 bridgehead atoms. The van der Waals surface area contributed by atoms with Crippen LogP contribution >= 0.6 is 0 Å². The molecule has 1 N–H and O–H groups in total. The quantitative estimate of drug-likeness (QED) is 0.722. The molecule has 5 nitrogen and oxygen atoms in total. The second-order valence-electron chi connectivity index (χ2n) is 3.59.